The maximum atomic E-state index is 11.2. The fourth-order valence-electron chi connectivity index (χ4n) is 1.84. The zero-order chi connectivity index (χ0) is 14.0. The van der Waals surface area contributed by atoms with Crippen molar-refractivity contribution in [1.29, 1.82) is 5.26 Å². The van der Waals surface area contributed by atoms with Crippen molar-refractivity contribution in [1.82, 2.24) is 9.71 Å². The average molecular weight is 257 g/mol. The van der Waals surface area contributed by atoms with Gasteiger partial charge in [0.15, 0.2) is 11.5 Å². The number of carboxylic acids is 1. The minimum atomic E-state index is -1.12. The van der Waals surface area contributed by atoms with E-state index in [1.54, 1.807) is 31.2 Å². The predicted octanol–water partition coefficient (Wildman–Crippen LogP) is 1.49. The molecule has 1 aromatic carbocycles. The summed E-state index contributed by atoms with van der Waals surface area (Å²) in [5.74, 6) is -0.760. The SMILES string of the molecule is COn1c(-c2cccc(C#N)c2)nc(C)c1C(=O)O. The lowest BCUT2D eigenvalue weighted by atomic mass is 10.1. The molecule has 2 aromatic rings. The Bertz CT molecular complexity index is 683. The quantitative estimate of drug-likeness (QED) is 0.899. The van der Waals surface area contributed by atoms with E-state index in [9.17, 15) is 4.79 Å². The number of benzene rings is 1. The van der Waals surface area contributed by atoms with Crippen molar-refractivity contribution in [2.75, 3.05) is 7.11 Å². The molecule has 0 spiro atoms. The first-order valence-electron chi connectivity index (χ1n) is 5.46. The van der Waals surface area contributed by atoms with Gasteiger partial charge >= 0.3 is 5.97 Å². The molecule has 0 aliphatic rings. The Hall–Kier alpha value is -2.81. The highest BCUT2D eigenvalue weighted by Crippen LogP contribution is 2.22. The first-order valence-corrected chi connectivity index (χ1v) is 5.46. The zero-order valence-electron chi connectivity index (χ0n) is 10.4. The Balaban J connectivity index is 2.66. The van der Waals surface area contributed by atoms with Gasteiger partial charge in [-0.15, -0.1) is 0 Å². The lowest BCUT2D eigenvalue weighted by Crippen LogP contribution is -2.15. The van der Waals surface area contributed by atoms with E-state index in [4.69, 9.17) is 15.2 Å². The van der Waals surface area contributed by atoms with Gasteiger partial charge in [0.1, 0.15) is 7.11 Å². The molecule has 0 aliphatic heterocycles. The first kappa shape index (κ1) is 12.6. The molecule has 96 valence electrons. The molecule has 1 aromatic heterocycles. The van der Waals surface area contributed by atoms with Gasteiger partial charge in [0.2, 0.25) is 0 Å². The Morgan fingerprint density at radius 3 is 2.84 bits per heavy atom. The number of imidazole rings is 1. The lowest BCUT2D eigenvalue weighted by Gasteiger charge is -2.07. The van der Waals surface area contributed by atoms with Crippen LogP contribution in [0.1, 0.15) is 21.7 Å². The van der Waals surface area contributed by atoms with Crippen LogP contribution >= 0.6 is 0 Å². The van der Waals surface area contributed by atoms with Gasteiger partial charge < -0.3 is 9.94 Å². The fourth-order valence-corrected chi connectivity index (χ4v) is 1.84. The van der Waals surface area contributed by atoms with Crippen LogP contribution in [0.15, 0.2) is 24.3 Å². The van der Waals surface area contributed by atoms with Gasteiger partial charge in [0, 0.05) is 5.56 Å². The Morgan fingerprint density at radius 2 is 2.26 bits per heavy atom. The highest BCUT2D eigenvalue weighted by Gasteiger charge is 2.21. The molecule has 0 radical (unpaired) electrons. The summed E-state index contributed by atoms with van der Waals surface area (Å²) in [5.41, 5.74) is 1.42. The fraction of sp³-hybridized carbons (Fsp3) is 0.154. The smallest absolute Gasteiger partial charge is 0.357 e. The maximum Gasteiger partial charge on any atom is 0.357 e. The van der Waals surface area contributed by atoms with Gasteiger partial charge in [0.25, 0.3) is 0 Å². The van der Waals surface area contributed by atoms with Gasteiger partial charge in [-0.3, -0.25) is 0 Å². The van der Waals surface area contributed by atoms with Crippen LogP contribution < -0.4 is 4.84 Å². The number of aryl methyl sites for hydroxylation is 1. The number of carbonyl (C=O) groups is 1. The average Bonchev–Trinajstić information content (AvgIpc) is 2.75. The topological polar surface area (TPSA) is 88.1 Å². The third kappa shape index (κ3) is 2.13. The molecule has 1 N–H and O–H groups in total. The number of nitrogens with zero attached hydrogens (tertiary/aromatic N) is 3. The van der Waals surface area contributed by atoms with Crippen molar-refractivity contribution in [3.05, 3.63) is 41.2 Å². The number of rotatable bonds is 3. The summed E-state index contributed by atoms with van der Waals surface area (Å²) in [6, 6.07) is 8.76. The second kappa shape index (κ2) is 4.82. The van der Waals surface area contributed by atoms with Crippen LogP contribution in [0.4, 0.5) is 0 Å². The van der Waals surface area contributed by atoms with Crippen LogP contribution in [0, 0.1) is 18.3 Å². The summed E-state index contributed by atoms with van der Waals surface area (Å²) in [6.45, 7) is 1.59. The monoisotopic (exact) mass is 257 g/mol. The molecule has 2 rings (SSSR count). The molecule has 1 heterocycles. The first-order chi connectivity index (χ1) is 9.08. The van der Waals surface area contributed by atoms with Crippen molar-refractivity contribution >= 4 is 5.97 Å². The standard InChI is InChI=1S/C13H11N3O3/c1-8-11(13(17)18)16(19-2)12(15-8)10-5-3-4-9(6-10)7-14/h3-6H,1-2H3,(H,17,18). The second-order valence-electron chi connectivity index (χ2n) is 3.84. The maximum absolute atomic E-state index is 11.2. The normalized spacial score (nSPS) is 9.95. The van der Waals surface area contributed by atoms with E-state index in [0.717, 1.165) is 4.73 Å². The molecule has 19 heavy (non-hydrogen) atoms. The second-order valence-corrected chi connectivity index (χ2v) is 3.84. The van der Waals surface area contributed by atoms with E-state index in [1.165, 1.54) is 7.11 Å². The minimum absolute atomic E-state index is 0.0279. The molecular weight excluding hydrogens is 246 g/mol. The zero-order valence-corrected chi connectivity index (χ0v) is 10.4. The molecule has 0 atom stereocenters. The van der Waals surface area contributed by atoms with Crippen LogP contribution in [0.3, 0.4) is 0 Å². The molecule has 0 amide bonds. The highest BCUT2D eigenvalue weighted by atomic mass is 16.6. The molecule has 0 aliphatic carbocycles. The van der Waals surface area contributed by atoms with Crippen molar-refractivity contribution in [2.45, 2.75) is 6.92 Å². The summed E-state index contributed by atoms with van der Waals surface area (Å²) in [6.07, 6.45) is 0. The molecular formula is C13H11N3O3. The number of carboxylic acid groups (broad SMARTS) is 1. The molecule has 0 fully saturated rings. The highest BCUT2D eigenvalue weighted by molar-refractivity contribution is 5.88. The van der Waals surface area contributed by atoms with Crippen molar-refractivity contribution < 1.29 is 14.7 Å². The van der Waals surface area contributed by atoms with Gasteiger partial charge in [-0.05, 0) is 19.1 Å². The number of hydrogen-bond acceptors (Lipinski definition) is 4. The van der Waals surface area contributed by atoms with Crippen LogP contribution in [-0.4, -0.2) is 27.9 Å². The Labute approximate surface area is 109 Å². The summed E-state index contributed by atoms with van der Waals surface area (Å²) >= 11 is 0. The molecule has 6 nitrogen and oxygen atoms in total. The van der Waals surface area contributed by atoms with Gasteiger partial charge in [0.05, 0.1) is 17.3 Å². The lowest BCUT2D eigenvalue weighted by molar-refractivity contribution is 0.0640. The van der Waals surface area contributed by atoms with Crippen LogP contribution in [0.5, 0.6) is 0 Å². The largest absolute Gasteiger partial charge is 0.476 e. The van der Waals surface area contributed by atoms with Gasteiger partial charge in [-0.25, -0.2) is 9.78 Å². The summed E-state index contributed by atoms with van der Waals surface area (Å²) in [7, 11) is 1.37. The molecule has 0 saturated carbocycles. The third-order valence-electron chi connectivity index (χ3n) is 2.65. The Kier molecular flexibility index (Phi) is 3.21. The summed E-state index contributed by atoms with van der Waals surface area (Å²) in [4.78, 5) is 20.4. The van der Waals surface area contributed by atoms with E-state index in [-0.39, 0.29) is 5.69 Å². The minimum Gasteiger partial charge on any atom is -0.476 e. The third-order valence-corrected chi connectivity index (χ3v) is 2.65. The molecule has 0 saturated heterocycles. The molecule has 0 bridgehead atoms. The van der Waals surface area contributed by atoms with Gasteiger partial charge in [-0.2, -0.15) is 9.99 Å². The van der Waals surface area contributed by atoms with Crippen LogP contribution in [0.25, 0.3) is 11.4 Å². The van der Waals surface area contributed by atoms with Crippen LogP contribution in [-0.2, 0) is 0 Å². The predicted molar refractivity (Wildman–Crippen MR) is 66.6 cm³/mol. The number of nitriles is 1. The van der Waals surface area contributed by atoms with Crippen molar-refractivity contribution in [2.24, 2.45) is 0 Å². The van der Waals surface area contributed by atoms with Gasteiger partial charge in [-0.1, -0.05) is 12.1 Å². The van der Waals surface area contributed by atoms with E-state index < -0.39 is 5.97 Å². The number of aromatic nitrogens is 2. The summed E-state index contributed by atoms with van der Waals surface area (Å²) < 4.78 is 1.15. The molecule has 0 unspecified atom stereocenters. The van der Waals surface area contributed by atoms with E-state index in [1.807, 2.05) is 6.07 Å². The molecule has 6 heteroatoms. The van der Waals surface area contributed by atoms with Crippen LogP contribution in [0.2, 0.25) is 0 Å². The number of aromatic carboxylic acids is 1. The van der Waals surface area contributed by atoms with Crippen molar-refractivity contribution in [3.63, 3.8) is 0 Å². The Morgan fingerprint density at radius 1 is 1.53 bits per heavy atom. The van der Waals surface area contributed by atoms with E-state index in [2.05, 4.69) is 4.98 Å². The van der Waals surface area contributed by atoms with E-state index >= 15 is 0 Å². The van der Waals surface area contributed by atoms with E-state index in [0.29, 0.717) is 22.6 Å². The summed E-state index contributed by atoms with van der Waals surface area (Å²) in [5, 5.41) is 18.0. The number of hydrogen-bond donors (Lipinski definition) is 1. The van der Waals surface area contributed by atoms with Crippen molar-refractivity contribution in [3.8, 4) is 17.5 Å².